The van der Waals surface area contributed by atoms with Crippen LogP contribution in [0.25, 0.3) is 11.1 Å². The number of carbonyl (C=O) groups is 1. The minimum absolute atomic E-state index is 0.323. The molecule has 0 saturated heterocycles. The number of rotatable bonds is 3. The van der Waals surface area contributed by atoms with Gasteiger partial charge < -0.3 is 5.11 Å². The second-order valence-corrected chi connectivity index (χ2v) is 4.91. The molecule has 19 heavy (non-hydrogen) atoms. The molecule has 0 atom stereocenters. The summed E-state index contributed by atoms with van der Waals surface area (Å²) < 4.78 is 13.9. The van der Waals surface area contributed by atoms with Crippen LogP contribution < -0.4 is 0 Å². The van der Waals surface area contributed by atoms with Crippen LogP contribution in [0.5, 0.6) is 0 Å². The third-order valence-electron chi connectivity index (χ3n) is 3.77. The molecule has 0 bridgehead atoms. The summed E-state index contributed by atoms with van der Waals surface area (Å²) in [4.78, 5) is 11.5. The fourth-order valence-electron chi connectivity index (χ4n) is 2.54. The first-order chi connectivity index (χ1) is 9.15. The summed E-state index contributed by atoms with van der Waals surface area (Å²) >= 11 is 0. The Morgan fingerprint density at radius 2 is 1.58 bits per heavy atom. The Morgan fingerprint density at radius 3 is 2.16 bits per heavy atom. The molecule has 1 aliphatic carbocycles. The summed E-state index contributed by atoms with van der Waals surface area (Å²) in [6, 6.07) is 13.7. The summed E-state index contributed by atoms with van der Waals surface area (Å²) in [5.41, 5.74) is 1.04. The van der Waals surface area contributed by atoms with E-state index in [2.05, 4.69) is 0 Å². The highest BCUT2D eigenvalue weighted by atomic mass is 19.1. The predicted molar refractivity (Wildman–Crippen MR) is 70.4 cm³/mol. The van der Waals surface area contributed by atoms with Crippen molar-refractivity contribution in [3.05, 3.63) is 59.9 Å². The summed E-state index contributed by atoms with van der Waals surface area (Å²) in [6.45, 7) is 0. The van der Waals surface area contributed by atoms with Crippen molar-refractivity contribution in [2.24, 2.45) is 0 Å². The van der Waals surface area contributed by atoms with Crippen molar-refractivity contribution >= 4 is 5.97 Å². The van der Waals surface area contributed by atoms with E-state index in [0.717, 1.165) is 0 Å². The normalized spacial score (nSPS) is 16.1. The molecule has 1 aliphatic rings. The van der Waals surface area contributed by atoms with Gasteiger partial charge in [-0.2, -0.15) is 0 Å². The Balaban J connectivity index is 2.19. The summed E-state index contributed by atoms with van der Waals surface area (Å²) in [7, 11) is 0. The lowest BCUT2D eigenvalue weighted by Gasteiger charge is -2.16. The van der Waals surface area contributed by atoms with Crippen molar-refractivity contribution in [3.8, 4) is 11.1 Å². The Bertz CT molecular complexity index is 645. The van der Waals surface area contributed by atoms with E-state index in [0.29, 0.717) is 29.5 Å². The third-order valence-corrected chi connectivity index (χ3v) is 3.77. The molecule has 3 heteroatoms. The maximum atomic E-state index is 13.9. The van der Waals surface area contributed by atoms with E-state index in [4.69, 9.17) is 0 Å². The van der Waals surface area contributed by atoms with Crippen molar-refractivity contribution in [2.75, 3.05) is 0 Å². The molecule has 3 rings (SSSR count). The second-order valence-electron chi connectivity index (χ2n) is 4.91. The van der Waals surface area contributed by atoms with Crippen LogP contribution in [0.4, 0.5) is 4.39 Å². The van der Waals surface area contributed by atoms with Gasteiger partial charge in [-0.05, 0) is 30.0 Å². The monoisotopic (exact) mass is 256 g/mol. The Kier molecular flexibility index (Phi) is 2.63. The zero-order valence-corrected chi connectivity index (χ0v) is 10.3. The molecule has 2 aromatic rings. The molecule has 96 valence electrons. The Hall–Kier alpha value is -2.16. The van der Waals surface area contributed by atoms with Crippen LogP contribution in [-0.4, -0.2) is 11.1 Å². The van der Waals surface area contributed by atoms with Gasteiger partial charge in [0.2, 0.25) is 0 Å². The van der Waals surface area contributed by atoms with Crippen LogP contribution in [-0.2, 0) is 10.2 Å². The minimum atomic E-state index is -0.823. The Labute approximate surface area is 110 Å². The van der Waals surface area contributed by atoms with Gasteiger partial charge in [-0.15, -0.1) is 0 Å². The average Bonchev–Trinajstić information content (AvgIpc) is 3.21. The number of halogens is 1. The largest absolute Gasteiger partial charge is 0.481 e. The standard InChI is InChI=1S/C16H13FO2/c17-14-8-4-2-6-12(14)11-5-1-3-7-13(11)16(9-10-16)15(18)19/h1-8H,9-10H2,(H,18,19). The SMILES string of the molecule is O=C(O)C1(c2ccccc2-c2ccccc2F)CC1. The molecule has 0 spiro atoms. The molecule has 2 nitrogen and oxygen atoms in total. The molecule has 1 saturated carbocycles. The van der Waals surface area contributed by atoms with E-state index in [-0.39, 0.29) is 5.82 Å². The lowest BCUT2D eigenvalue weighted by molar-refractivity contribution is -0.140. The van der Waals surface area contributed by atoms with E-state index in [1.165, 1.54) is 6.07 Å². The van der Waals surface area contributed by atoms with Gasteiger partial charge in [0.1, 0.15) is 5.82 Å². The highest BCUT2D eigenvalue weighted by molar-refractivity contribution is 5.88. The van der Waals surface area contributed by atoms with Crippen molar-refractivity contribution in [1.29, 1.82) is 0 Å². The molecule has 0 aromatic heterocycles. The van der Waals surface area contributed by atoms with Gasteiger partial charge >= 0.3 is 5.97 Å². The first-order valence-corrected chi connectivity index (χ1v) is 6.23. The zero-order valence-electron chi connectivity index (χ0n) is 10.3. The van der Waals surface area contributed by atoms with Gasteiger partial charge in [-0.1, -0.05) is 42.5 Å². The number of hydrogen-bond acceptors (Lipinski definition) is 1. The van der Waals surface area contributed by atoms with Crippen LogP contribution in [0.1, 0.15) is 18.4 Å². The summed E-state index contributed by atoms with van der Waals surface area (Å²) in [5, 5.41) is 9.40. The summed E-state index contributed by atoms with van der Waals surface area (Å²) in [6.07, 6.45) is 1.24. The quantitative estimate of drug-likeness (QED) is 0.910. The summed E-state index contributed by atoms with van der Waals surface area (Å²) in [5.74, 6) is -1.15. The van der Waals surface area contributed by atoms with E-state index in [1.54, 1.807) is 30.3 Å². The average molecular weight is 256 g/mol. The van der Waals surface area contributed by atoms with E-state index >= 15 is 0 Å². The fourth-order valence-corrected chi connectivity index (χ4v) is 2.54. The highest BCUT2D eigenvalue weighted by Gasteiger charge is 2.52. The molecule has 1 fully saturated rings. The Morgan fingerprint density at radius 1 is 1.00 bits per heavy atom. The van der Waals surface area contributed by atoms with Gasteiger partial charge in [0.05, 0.1) is 5.41 Å². The maximum absolute atomic E-state index is 13.9. The molecular weight excluding hydrogens is 243 g/mol. The topological polar surface area (TPSA) is 37.3 Å². The lowest BCUT2D eigenvalue weighted by atomic mass is 9.88. The molecule has 2 aromatic carbocycles. The van der Waals surface area contributed by atoms with Crippen LogP contribution in [0, 0.1) is 5.82 Å². The van der Waals surface area contributed by atoms with Crippen molar-refractivity contribution in [3.63, 3.8) is 0 Å². The minimum Gasteiger partial charge on any atom is -0.481 e. The number of hydrogen-bond donors (Lipinski definition) is 1. The zero-order chi connectivity index (χ0) is 13.5. The first kappa shape index (κ1) is 11.9. The molecule has 1 N–H and O–H groups in total. The number of carboxylic acid groups (broad SMARTS) is 1. The predicted octanol–water partition coefficient (Wildman–Crippen LogP) is 3.61. The maximum Gasteiger partial charge on any atom is 0.314 e. The molecule has 0 heterocycles. The number of benzene rings is 2. The highest BCUT2D eigenvalue weighted by Crippen LogP contribution is 2.51. The van der Waals surface area contributed by atoms with Crippen LogP contribution in [0.2, 0.25) is 0 Å². The van der Waals surface area contributed by atoms with Gasteiger partial charge in [0.25, 0.3) is 0 Å². The van der Waals surface area contributed by atoms with Crippen LogP contribution in [0.15, 0.2) is 48.5 Å². The van der Waals surface area contributed by atoms with E-state index < -0.39 is 11.4 Å². The van der Waals surface area contributed by atoms with Crippen molar-refractivity contribution < 1.29 is 14.3 Å². The van der Waals surface area contributed by atoms with E-state index in [9.17, 15) is 14.3 Å². The van der Waals surface area contributed by atoms with Gasteiger partial charge in [0.15, 0.2) is 0 Å². The number of carboxylic acids is 1. The molecule has 0 amide bonds. The third kappa shape index (κ3) is 1.82. The fraction of sp³-hybridized carbons (Fsp3) is 0.188. The van der Waals surface area contributed by atoms with Crippen molar-refractivity contribution in [2.45, 2.75) is 18.3 Å². The van der Waals surface area contributed by atoms with Gasteiger partial charge in [-0.25, -0.2) is 4.39 Å². The molecule has 0 aliphatic heterocycles. The van der Waals surface area contributed by atoms with Crippen LogP contribution in [0.3, 0.4) is 0 Å². The smallest absolute Gasteiger partial charge is 0.314 e. The molecule has 0 radical (unpaired) electrons. The van der Waals surface area contributed by atoms with Gasteiger partial charge in [0, 0.05) is 5.56 Å². The first-order valence-electron chi connectivity index (χ1n) is 6.23. The van der Waals surface area contributed by atoms with Crippen molar-refractivity contribution in [1.82, 2.24) is 0 Å². The lowest BCUT2D eigenvalue weighted by Crippen LogP contribution is -2.20. The molecular formula is C16H13FO2. The van der Waals surface area contributed by atoms with Crippen LogP contribution >= 0.6 is 0 Å². The van der Waals surface area contributed by atoms with E-state index in [1.807, 2.05) is 12.1 Å². The molecule has 0 unspecified atom stereocenters. The number of aliphatic carboxylic acids is 1. The second kappa shape index (κ2) is 4.19. The van der Waals surface area contributed by atoms with Gasteiger partial charge in [-0.3, -0.25) is 4.79 Å².